The Kier molecular flexibility index (Phi) is 4.80. The van der Waals surface area contributed by atoms with Gasteiger partial charge in [0.1, 0.15) is 12.7 Å². The van der Waals surface area contributed by atoms with Crippen LogP contribution < -0.4 is 10.6 Å². The SMILES string of the molecule is CC(NC(=O)NCC1(O)CCCC1)c1ccc(-n2cncn2)cc1. The predicted octanol–water partition coefficient (Wildman–Crippen LogP) is 1.93. The molecule has 0 aliphatic heterocycles. The first-order valence-electron chi connectivity index (χ1n) is 8.27. The summed E-state index contributed by atoms with van der Waals surface area (Å²) >= 11 is 0. The molecule has 24 heavy (non-hydrogen) atoms. The Morgan fingerprint density at radius 1 is 1.33 bits per heavy atom. The number of nitrogens with zero attached hydrogens (tertiary/aromatic N) is 3. The summed E-state index contributed by atoms with van der Waals surface area (Å²) in [6.45, 7) is 2.23. The normalized spacial score (nSPS) is 17.4. The van der Waals surface area contributed by atoms with Gasteiger partial charge in [-0.15, -0.1) is 0 Å². The van der Waals surface area contributed by atoms with Gasteiger partial charge in [0, 0.05) is 6.54 Å². The Bertz CT molecular complexity index is 663. The van der Waals surface area contributed by atoms with Gasteiger partial charge < -0.3 is 15.7 Å². The molecule has 7 nitrogen and oxygen atoms in total. The summed E-state index contributed by atoms with van der Waals surface area (Å²) in [6.07, 6.45) is 6.68. The number of urea groups is 1. The average molecular weight is 329 g/mol. The van der Waals surface area contributed by atoms with E-state index in [0.717, 1.165) is 36.9 Å². The summed E-state index contributed by atoms with van der Waals surface area (Å²) in [6, 6.07) is 7.37. The zero-order chi connectivity index (χ0) is 17.0. The molecule has 1 unspecified atom stereocenters. The molecule has 0 radical (unpaired) electrons. The first-order chi connectivity index (χ1) is 11.6. The standard InChI is InChI=1S/C17H23N5O2/c1-13(21-16(23)19-10-17(24)8-2-3-9-17)14-4-6-15(7-5-14)22-12-18-11-20-22/h4-7,11-13,24H,2-3,8-10H2,1H3,(H2,19,21,23). The fourth-order valence-corrected chi connectivity index (χ4v) is 3.04. The second-order valence-electron chi connectivity index (χ2n) is 6.41. The summed E-state index contributed by atoms with van der Waals surface area (Å²) in [5, 5.41) is 20.0. The molecule has 1 aliphatic rings. The van der Waals surface area contributed by atoms with Crippen molar-refractivity contribution in [3.05, 3.63) is 42.5 Å². The third-order valence-electron chi connectivity index (χ3n) is 4.54. The molecule has 2 aromatic rings. The molecule has 1 fully saturated rings. The molecule has 1 saturated carbocycles. The predicted molar refractivity (Wildman–Crippen MR) is 89.7 cm³/mol. The van der Waals surface area contributed by atoms with Crippen LogP contribution in [0.1, 0.15) is 44.2 Å². The van der Waals surface area contributed by atoms with Gasteiger partial charge in [-0.05, 0) is 37.5 Å². The lowest BCUT2D eigenvalue weighted by atomic mass is 10.0. The van der Waals surface area contributed by atoms with Crippen molar-refractivity contribution in [2.75, 3.05) is 6.54 Å². The number of carbonyl (C=O) groups excluding carboxylic acids is 1. The quantitative estimate of drug-likeness (QED) is 0.781. The molecule has 2 amide bonds. The van der Waals surface area contributed by atoms with E-state index in [1.54, 1.807) is 11.0 Å². The number of nitrogens with one attached hydrogen (secondary N) is 2. The highest BCUT2D eigenvalue weighted by Gasteiger charge is 2.31. The molecule has 128 valence electrons. The van der Waals surface area contributed by atoms with Crippen LogP contribution >= 0.6 is 0 Å². The molecule has 0 saturated heterocycles. The molecular weight excluding hydrogens is 306 g/mol. The molecule has 3 N–H and O–H groups in total. The van der Waals surface area contributed by atoms with E-state index in [1.807, 2.05) is 31.2 Å². The number of benzene rings is 1. The van der Waals surface area contributed by atoms with Gasteiger partial charge in [-0.2, -0.15) is 5.10 Å². The molecular formula is C17H23N5O2. The van der Waals surface area contributed by atoms with Gasteiger partial charge in [0.15, 0.2) is 0 Å². The third kappa shape index (κ3) is 3.91. The molecule has 0 spiro atoms. The van der Waals surface area contributed by atoms with Gasteiger partial charge in [0.25, 0.3) is 0 Å². The number of aromatic nitrogens is 3. The lowest BCUT2D eigenvalue weighted by Gasteiger charge is -2.23. The largest absolute Gasteiger partial charge is 0.388 e. The maximum Gasteiger partial charge on any atom is 0.315 e. The summed E-state index contributed by atoms with van der Waals surface area (Å²) in [4.78, 5) is 15.9. The van der Waals surface area contributed by atoms with Crippen LogP contribution in [0.25, 0.3) is 5.69 Å². The van der Waals surface area contributed by atoms with Crippen molar-refractivity contribution in [2.24, 2.45) is 0 Å². The summed E-state index contributed by atoms with van der Waals surface area (Å²) in [5.74, 6) is 0. The van der Waals surface area contributed by atoms with Crippen molar-refractivity contribution >= 4 is 6.03 Å². The first-order valence-corrected chi connectivity index (χ1v) is 8.27. The molecule has 1 aliphatic carbocycles. The topological polar surface area (TPSA) is 92.1 Å². The Labute approximate surface area is 141 Å². The molecule has 1 aromatic heterocycles. The van der Waals surface area contributed by atoms with Crippen LogP contribution in [0.4, 0.5) is 4.79 Å². The van der Waals surface area contributed by atoms with Gasteiger partial charge in [0.05, 0.1) is 17.3 Å². The Hall–Kier alpha value is -2.41. The van der Waals surface area contributed by atoms with Gasteiger partial charge in [-0.25, -0.2) is 14.5 Å². The number of hydrogen-bond acceptors (Lipinski definition) is 4. The summed E-state index contributed by atoms with van der Waals surface area (Å²) in [7, 11) is 0. The Balaban J connectivity index is 1.52. The van der Waals surface area contributed by atoms with Crippen molar-refractivity contribution in [2.45, 2.75) is 44.2 Å². The summed E-state index contributed by atoms with van der Waals surface area (Å²) < 4.78 is 1.68. The van der Waals surface area contributed by atoms with Gasteiger partial charge in [0.2, 0.25) is 0 Å². The van der Waals surface area contributed by atoms with Crippen LogP contribution in [0.15, 0.2) is 36.9 Å². The lowest BCUT2D eigenvalue weighted by Crippen LogP contribution is -2.45. The van der Waals surface area contributed by atoms with Crippen LogP contribution in [0.5, 0.6) is 0 Å². The zero-order valence-electron chi connectivity index (χ0n) is 13.8. The van der Waals surface area contributed by atoms with Crippen molar-refractivity contribution < 1.29 is 9.90 Å². The average Bonchev–Trinajstić information content (AvgIpc) is 3.25. The number of hydrogen-bond donors (Lipinski definition) is 3. The van der Waals surface area contributed by atoms with E-state index in [2.05, 4.69) is 20.7 Å². The van der Waals surface area contributed by atoms with Gasteiger partial charge in [-0.1, -0.05) is 25.0 Å². The molecule has 7 heteroatoms. The minimum atomic E-state index is -0.736. The van der Waals surface area contributed by atoms with E-state index < -0.39 is 5.60 Å². The lowest BCUT2D eigenvalue weighted by molar-refractivity contribution is 0.0500. The van der Waals surface area contributed by atoms with Crippen molar-refractivity contribution in [1.82, 2.24) is 25.4 Å². The van der Waals surface area contributed by atoms with E-state index in [9.17, 15) is 9.90 Å². The van der Waals surface area contributed by atoms with Crippen LogP contribution in [0.3, 0.4) is 0 Å². The zero-order valence-corrected chi connectivity index (χ0v) is 13.8. The smallest absolute Gasteiger partial charge is 0.315 e. The van der Waals surface area contributed by atoms with Crippen molar-refractivity contribution in [3.63, 3.8) is 0 Å². The van der Waals surface area contributed by atoms with E-state index in [4.69, 9.17) is 0 Å². The minimum Gasteiger partial charge on any atom is -0.388 e. The second-order valence-corrected chi connectivity index (χ2v) is 6.41. The van der Waals surface area contributed by atoms with Crippen LogP contribution in [-0.4, -0.2) is 38.0 Å². The Morgan fingerprint density at radius 2 is 2.04 bits per heavy atom. The fraction of sp³-hybridized carbons (Fsp3) is 0.471. The molecule has 0 bridgehead atoms. The molecule has 3 rings (SSSR count). The van der Waals surface area contributed by atoms with Crippen molar-refractivity contribution in [1.29, 1.82) is 0 Å². The van der Waals surface area contributed by atoms with Crippen LogP contribution in [-0.2, 0) is 0 Å². The highest BCUT2D eigenvalue weighted by Crippen LogP contribution is 2.28. The van der Waals surface area contributed by atoms with Gasteiger partial charge >= 0.3 is 6.03 Å². The van der Waals surface area contributed by atoms with E-state index in [0.29, 0.717) is 6.54 Å². The monoisotopic (exact) mass is 329 g/mol. The molecule has 1 heterocycles. The van der Waals surface area contributed by atoms with Crippen LogP contribution in [0, 0.1) is 0 Å². The second kappa shape index (κ2) is 7.00. The molecule has 1 atom stereocenters. The van der Waals surface area contributed by atoms with Crippen LogP contribution in [0.2, 0.25) is 0 Å². The minimum absolute atomic E-state index is 0.131. The maximum atomic E-state index is 12.0. The van der Waals surface area contributed by atoms with E-state index >= 15 is 0 Å². The number of carbonyl (C=O) groups is 1. The number of amides is 2. The Morgan fingerprint density at radius 3 is 2.67 bits per heavy atom. The number of aliphatic hydroxyl groups is 1. The highest BCUT2D eigenvalue weighted by atomic mass is 16.3. The highest BCUT2D eigenvalue weighted by molar-refractivity contribution is 5.74. The maximum absolute atomic E-state index is 12.0. The third-order valence-corrected chi connectivity index (χ3v) is 4.54. The van der Waals surface area contributed by atoms with Gasteiger partial charge in [-0.3, -0.25) is 0 Å². The summed E-state index contributed by atoms with van der Waals surface area (Å²) in [5.41, 5.74) is 1.17. The first kappa shape index (κ1) is 16.4. The van der Waals surface area contributed by atoms with E-state index in [1.165, 1.54) is 6.33 Å². The molecule has 1 aromatic carbocycles. The number of rotatable bonds is 5. The fourth-order valence-electron chi connectivity index (χ4n) is 3.04. The van der Waals surface area contributed by atoms with Crippen molar-refractivity contribution in [3.8, 4) is 5.69 Å². The van der Waals surface area contributed by atoms with E-state index in [-0.39, 0.29) is 12.1 Å².